The SMILES string of the molecule is CC(C)(Br)C(=O)OCC[C@H]1C[C@H]2[C@@H]3CCC4=CC(=O)CC[C@@H]4[C@H]3CC[C@]2(C)C1. The van der Waals surface area contributed by atoms with Crippen molar-refractivity contribution in [3.05, 3.63) is 11.6 Å². The summed E-state index contributed by atoms with van der Waals surface area (Å²) in [6.45, 7) is 6.75. The molecule has 156 valence electrons. The summed E-state index contributed by atoms with van der Waals surface area (Å²) >= 11 is 3.39. The van der Waals surface area contributed by atoms with Crippen LogP contribution in [0.5, 0.6) is 0 Å². The van der Waals surface area contributed by atoms with Gasteiger partial charge in [-0.15, -0.1) is 0 Å². The van der Waals surface area contributed by atoms with Gasteiger partial charge in [0.15, 0.2) is 5.78 Å². The van der Waals surface area contributed by atoms with E-state index in [0.29, 0.717) is 29.6 Å². The standard InChI is InChI=1S/C24H35BrO3/c1-23(2,25)22(27)28-11-9-15-12-21-20-6-4-16-13-17(26)5-7-18(16)19(20)8-10-24(21,3)14-15/h13,15,18-21H,4-12,14H2,1-3H3/t15-,18-,19+,20+,21-,24+/m0/s1. The lowest BCUT2D eigenvalue weighted by Crippen LogP contribution is -2.44. The quantitative estimate of drug-likeness (QED) is 0.398. The number of rotatable bonds is 4. The fraction of sp³-hybridized carbons (Fsp3) is 0.833. The van der Waals surface area contributed by atoms with Crippen molar-refractivity contribution in [3.63, 3.8) is 0 Å². The van der Waals surface area contributed by atoms with Crippen LogP contribution in [-0.2, 0) is 14.3 Å². The van der Waals surface area contributed by atoms with Crippen molar-refractivity contribution in [2.45, 2.75) is 82.9 Å². The highest BCUT2D eigenvalue weighted by atomic mass is 79.9. The largest absolute Gasteiger partial charge is 0.465 e. The Hall–Kier alpha value is -0.640. The molecule has 0 spiro atoms. The molecule has 6 atom stereocenters. The highest BCUT2D eigenvalue weighted by Gasteiger charge is 2.54. The molecule has 0 radical (unpaired) electrons. The van der Waals surface area contributed by atoms with Crippen molar-refractivity contribution in [1.82, 2.24) is 0 Å². The zero-order chi connectivity index (χ0) is 20.1. The van der Waals surface area contributed by atoms with E-state index in [9.17, 15) is 9.59 Å². The Kier molecular flexibility index (Phi) is 5.57. The topological polar surface area (TPSA) is 43.4 Å². The Bertz CT molecular complexity index is 676. The molecule has 3 saturated carbocycles. The fourth-order valence-electron chi connectivity index (χ4n) is 7.10. The molecule has 0 aromatic heterocycles. The van der Waals surface area contributed by atoms with Crippen LogP contribution in [0, 0.1) is 35.0 Å². The molecular formula is C24H35BrO3. The number of fused-ring (bicyclic) bond motifs is 5. The first kappa shape index (κ1) is 20.6. The van der Waals surface area contributed by atoms with Gasteiger partial charge in [0.1, 0.15) is 4.32 Å². The van der Waals surface area contributed by atoms with Crippen LogP contribution in [-0.4, -0.2) is 22.7 Å². The summed E-state index contributed by atoms with van der Waals surface area (Å²) < 4.78 is 4.92. The number of ether oxygens (including phenoxy) is 1. The van der Waals surface area contributed by atoms with E-state index in [0.717, 1.165) is 43.4 Å². The first-order valence-electron chi connectivity index (χ1n) is 11.3. The maximum absolute atomic E-state index is 12.0. The summed E-state index contributed by atoms with van der Waals surface area (Å²) in [5, 5.41) is 0. The van der Waals surface area contributed by atoms with Crippen molar-refractivity contribution in [2.75, 3.05) is 6.61 Å². The van der Waals surface area contributed by atoms with E-state index in [1.165, 1.54) is 37.7 Å². The van der Waals surface area contributed by atoms with Crippen LogP contribution >= 0.6 is 15.9 Å². The average Bonchev–Trinajstić information content (AvgIpc) is 2.96. The molecule has 0 aromatic rings. The first-order valence-corrected chi connectivity index (χ1v) is 12.1. The highest BCUT2D eigenvalue weighted by molar-refractivity contribution is 9.10. The molecule has 0 heterocycles. The van der Waals surface area contributed by atoms with Crippen molar-refractivity contribution in [3.8, 4) is 0 Å². The number of alkyl halides is 1. The van der Waals surface area contributed by atoms with Gasteiger partial charge in [-0.2, -0.15) is 0 Å². The minimum atomic E-state index is -0.593. The Balaban J connectivity index is 1.38. The Morgan fingerprint density at radius 2 is 2.04 bits per heavy atom. The predicted molar refractivity (Wildman–Crippen MR) is 114 cm³/mol. The summed E-state index contributed by atoms with van der Waals surface area (Å²) in [6.07, 6.45) is 12.5. The molecule has 0 aromatic carbocycles. The van der Waals surface area contributed by atoms with Gasteiger partial charge in [0.25, 0.3) is 0 Å². The number of hydrogen-bond acceptors (Lipinski definition) is 3. The van der Waals surface area contributed by atoms with Gasteiger partial charge in [0, 0.05) is 6.42 Å². The molecule has 0 N–H and O–H groups in total. The van der Waals surface area contributed by atoms with Gasteiger partial charge in [0.2, 0.25) is 0 Å². The fourth-order valence-corrected chi connectivity index (χ4v) is 7.21. The Labute approximate surface area is 178 Å². The van der Waals surface area contributed by atoms with E-state index in [4.69, 9.17) is 4.74 Å². The third-order valence-electron chi connectivity index (χ3n) is 8.41. The number of allylic oxidation sites excluding steroid dienone is 1. The third-order valence-corrected chi connectivity index (χ3v) is 8.73. The van der Waals surface area contributed by atoms with Crippen molar-refractivity contribution >= 4 is 27.7 Å². The van der Waals surface area contributed by atoms with Crippen LogP contribution in [0.25, 0.3) is 0 Å². The van der Waals surface area contributed by atoms with Gasteiger partial charge in [-0.05, 0) is 106 Å². The minimum Gasteiger partial charge on any atom is -0.465 e. The first-order chi connectivity index (χ1) is 13.2. The number of carbonyl (C=O) groups is 2. The third kappa shape index (κ3) is 3.87. The molecule has 0 amide bonds. The van der Waals surface area contributed by atoms with Gasteiger partial charge in [-0.1, -0.05) is 28.4 Å². The lowest BCUT2D eigenvalue weighted by Gasteiger charge is -2.52. The number of hydrogen-bond donors (Lipinski definition) is 0. The van der Waals surface area contributed by atoms with Gasteiger partial charge in [-0.25, -0.2) is 0 Å². The molecule has 4 heteroatoms. The molecule has 4 aliphatic rings. The smallest absolute Gasteiger partial charge is 0.322 e. The molecular weight excluding hydrogens is 416 g/mol. The number of ketones is 1. The van der Waals surface area contributed by atoms with E-state index < -0.39 is 4.32 Å². The maximum atomic E-state index is 12.0. The van der Waals surface area contributed by atoms with Crippen LogP contribution in [0.15, 0.2) is 11.6 Å². The van der Waals surface area contributed by atoms with Crippen LogP contribution < -0.4 is 0 Å². The molecule has 28 heavy (non-hydrogen) atoms. The van der Waals surface area contributed by atoms with Crippen LogP contribution in [0.2, 0.25) is 0 Å². The Morgan fingerprint density at radius 1 is 1.25 bits per heavy atom. The summed E-state index contributed by atoms with van der Waals surface area (Å²) in [5.41, 5.74) is 1.94. The number of esters is 1. The van der Waals surface area contributed by atoms with Crippen molar-refractivity contribution in [1.29, 1.82) is 0 Å². The maximum Gasteiger partial charge on any atom is 0.322 e. The molecule has 0 unspecified atom stereocenters. The molecule has 4 aliphatic carbocycles. The molecule has 0 aliphatic heterocycles. The van der Waals surface area contributed by atoms with Crippen LogP contribution in [0.3, 0.4) is 0 Å². The van der Waals surface area contributed by atoms with Gasteiger partial charge < -0.3 is 4.74 Å². The minimum absolute atomic E-state index is 0.160. The summed E-state index contributed by atoms with van der Waals surface area (Å²) in [5.74, 6) is 4.02. The second kappa shape index (κ2) is 7.56. The lowest BCUT2D eigenvalue weighted by atomic mass is 9.52. The molecule has 4 rings (SSSR count). The van der Waals surface area contributed by atoms with Crippen molar-refractivity contribution < 1.29 is 14.3 Å². The van der Waals surface area contributed by atoms with E-state index >= 15 is 0 Å². The van der Waals surface area contributed by atoms with E-state index in [1.807, 2.05) is 19.9 Å². The zero-order valence-corrected chi connectivity index (χ0v) is 19.2. The lowest BCUT2D eigenvalue weighted by molar-refractivity contribution is -0.145. The molecule has 0 saturated heterocycles. The van der Waals surface area contributed by atoms with E-state index in [-0.39, 0.29) is 5.97 Å². The van der Waals surface area contributed by atoms with Crippen LogP contribution in [0.1, 0.15) is 78.6 Å². The van der Waals surface area contributed by atoms with Gasteiger partial charge >= 0.3 is 5.97 Å². The summed E-state index contributed by atoms with van der Waals surface area (Å²) in [6, 6.07) is 0. The predicted octanol–water partition coefficient (Wildman–Crippen LogP) is 5.85. The second-order valence-corrected chi connectivity index (χ2v) is 12.7. The second-order valence-electron chi connectivity index (χ2n) is 10.7. The van der Waals surface area contributed by atoms with Crippen molar-refractivity contribution in [2.24, 2.45) is 35.0 Å². The summed E-state index contributed by atoms with van der Waals surface area (Å²) in [4.78, 5) is 23.8. The molecule has 3 fully saturated rings. The molecule has 0 bridgehead atoms. The summed E-state index contributed by atoms with van der Waals surface area (Å²) in [7, 11) is 0. The zero-order valence-electron chi connectivity index (χ0n) is 17.6. The normalized spacial score (nSPS) is 40.2. The monoisotopic (exact) mass is 450 g/mol. The van der Waals surface area contributed by atoms with Gasteiger partial charge in [0.05, 0.1) is 6.61 Å². The molecule has 3 nitrogen and oxygen atoms in total. The number of halogens is 1. The number of carbonyl (C=O) groups excluding carboxylic acids is 2. The van der Waals surface area contributed by atoms with E-state index in [1.54, 1.807) is 0 Å². The highest BCUT2D eigenvalue weighted by Crippen LogP contribution is 2.63. The van der Waals surface area contributed by atoms with E-state index in [2.05, 4.69) is 22.9 Å². The Morgan fingerprint density at radius 3 is 2.79 bits per heavy atom. The van der Waals surface area contributed by atoms with Crippen LogP contribution in [0.4, 0.5) is 0 Å². The van der Waals surface area contributed by atoms with Gasteiger partial charge in [-0.3, -0.25) is 9.59 Å². The average molecular weight is 451 g/mol.